The highest BCUT2D eigenvalue weighted by Gasteiger charge is 2.35. The van der Waals surface area contributed by atoms with Crippen LogP contribution in [-0.4, -0.2) is 5.54 Å². The SMILES string of the molecule is CC(c1cccs1)C1(N)CCCC1. The fourth-order valence-corrected chi connectivity index (χ4v) is 3.20. The molecule has 0 bridgehead atoms. The number of rotatable bonds is 2. The van der Waals surface area contributed by atoms with Gasteiger partial charge in [-0.1, -0.05) is 25.8 Å². The third-order valence-corrected chi connectivity index (χ3v) is 4.42. The predicted molar refractivity (Wildman–Crippen MR) is 58.1 cm³/mol. The van der Waals surface area contributed by atoms with Gasteiger partial charge in [0, 0.05) is 16.3 Å². The summed E-state index contributed by atoms with van der Waals surface area (Å²) < 4.78 is 0. The number of hydrogen-bond acceptors (Lipinski definition) is 2. The zero-order valence-corrected chi connectivity index (χ0v) is 8.94. The summed E-state index contributed by atoms with van der Waals surface area (Å²) in [6.45, 7) is 2.27. The van der Waals surface area contributed by atoms with E-state index in [0.29, 0.717) is 5.92 Å². The first-order valence-corrected chi connectivity index (χ1v) is 5.93. The van der Waals surface area contributed by atoms with Crippen LogP contribution in [0.5, 0.6) is 0 Å². The molecule has 0 saturated heterocycles. The zero-order valence-electron chi connectivity index (χ0n) is 8.12. The van der Waals surface area contributed by atoms with E-state index in [9.17, 15) is 0 Å². The topological polar surface area (TPSA) is 26.0 Å². The van der Waals surface area contributed by atoms with Crippen molar-refractivity contribution in [2.24, 2.45) is 5.73 Å². The summed E-state index contributed by atoms with van der Waals surface area (Å²) in [7, 11) is 0. The second kappa shape index (κ2) is 3.43. The van der Waals surface area contributed by atoms with Crippen molar-refractivity contribution < 1.29 is 0 Å². The Labute approximate surface area is 84.0 Å². The minimum Gasteiger partial charge on any atom is -0.325 e. The van der Waals surface area contributed by atoms with Crippen LogP contribution in [-0.2, 0) is 0 Å². The van der Waals surface area contributed by atoms with Gasteiger partial charge in [-0.15, -0.1) is 11.3 Å². The maximum atomic E-state index is 6.40. The van der Waals surface area contributed by atoms with E-state index in [1.54, 1.807) is 0 Å². The van der Waals surface area contributed by atoms with Crippen molar-refractivity contribution in [2.45, 2.75) is 44.1 Å². The molecule has 0 spiro atoms. The van der Waals surface area contributed by atoms with Gasteiger partial charge in [0.1, 0.15) is 0 Å². The molecule has 1 saturated carbocycles. The van der Waals surface area contributed by atoms with E-state index in [2.05, 4.69) is 24.4 Å². The minimum absolute atomic E-state index is 0.0881. The molecule has 1 aliphatic carbocycles. The standard InChI is InChI=1S/C11H17NS/c1-9(10-5-4-8-13-10)11(12)6-2-3-7-11/h4-5,8-9H,2-3,6-7,12H2,1H3. The second-order valence-corrected chi connectivity index (χ2v) is 5.16. The first-order valence-electron chi connectivity index (χ1n) is 5.05. The van der Waals surface area contributed by atoms with Crippen molar-refractivity contribution in [1.29, 1.82) is 0 Å². The van der Waals surface area contributed by atoms with Gasteiger partial charge in [0.2, 0.25) is 0 Å². The van der Waals surface area contributed by atoms with Crippen molar-refractivity contribution in [3.8, 4) is 0 Å². The molecule has 13 heavy (non-hydrogen) atoms. The lowest BCUT2D eigenvalue weighted by Crippen LogP contribution is -2.41. The molecule has 0 aliphatic heterocycles. The molecule has 1 nitrogen and oxygen atoms in total. The van der Waals surface area contributed by atoms with Crippen LogP contribution in [0, 0.1) is 0 Å². The Balaban J connectivity index is 2.16. The average molecular weight is 195 g/mol. The van der Waals surface area contributed by atoms with E-state index in [-0.39, 0.29) is 5.54 Å². The molecule has 1 aliphatic rings. The molecule has 1 fully saturated rings. The summed E-state index contributed by atoms with van der Waals surface area (Å²) in [5, 5.41) is 2.14. The summed E-state index contributed by atoms with van der Waals surface area (Å²) in [6, 6.07) is 4.33. The fourth-order valence-electron chi connectivity index (χ4n) is 2.29. The quantitative estimate of drug-likeness (QED) is 0.771. The van der Waals surface area contributed by atoms with Crippen molar-refractivity contribution in [3.05, 3.63) is 22.4 Å². The molecule has 1 aromatic rings. The van der Waals surface area contributed by atoms with Crippen LogP contribution in [0.3, 0.4) is 0 Å². The molecule has 2 rings (SSSR count). The lowest BCUT2D eigenvalue weighted by molar-refractivity contribution is 0.374. The molecule has 1 unspecified atom stereocenters. The van der Waals surface area contributed by atoms with Crippen molar-refractivity contribution in [3.63, 3.8) is 0 Å². The zero-order chi connectivity index (χ0) is 9.31. The van der Waals surface area contributed by atoms with E-state index in [1.165, 1.54) is 30.6 Å². The molecule has 1 atom stereocenters. The average Bonchev–Trinajstić information content (AvgIpc) is 2.73. The van der Waals surface area contributed by atoms with Crippen LogP contribution < -0.4 is 5.73 Å². The highest BCUT2D eigenvalue weighted by atomic mass is 32.1. The molecule has 2 N–H and O–H groups in total. The molecular weight excluding hydrogens is 178 g/mol. The molecule has 2 heteroatoms. The largest absolute Gasteiger partial charge is 0.325 e. The van der Waals surface area contributed by atoms with Gasteiger partial charge in [0.15, 0.2) is 0 Å². The van der Waals surface area contributed by atoms with Crippen LogP contribution in [0.15, 0.2) is 17.5 Å². The first-order chi connectivity index (χ1) is 6.22. The number of nitrogens with two attached hydrogens (primary N) is 1. The summed E-state index contributed by atoms with van der Waals surface area (Å²) in [6.07, 6.45) is 5.02. The smallest absolute Gasteiger partial charge is 0.0229 e. The monoisotopic (exact) mass is 195 g/mol. The van der Waals surface area contributed by atoms with Gasteiger partial charge < -0.3 is 5.73 Å². The van der Waals surface area contributed by atoms with E-state index in [1.807, 2.05) is 11.3 Å². The first kappa shape index (κ1) is 9.22. The molecule has 0 radical (unpaired) electrons. The van der Waals surface area contributed by atoms with Gasteiger partial charge in [-0.25, -0.2) is 0 Å². The molecule has 1 aromatic heterocycles. The highest BCUT2D eigenvalue weighted by Crippen LogP contribution is 2.40. The predicted octanol–water partition coefficient (Wildman–Crippen LogP) is 3.12. The Morgan fingerprint density at radius 1 is 1.46 bits per heavy atom. The number of hydrogen-bond donors (Lipinski definition) is 1. The van der Waals surface area contributed by atoms with E-state index >= 15 is 0 Å². The van der Waals surface area contributed by atoms with Gasteiger partial charge in [0.05, 0.1) is 0 Å². The van der Waals surface area contributed by atoms with E-state index < -0.39 is 0 Å². The normalized spacial score (nSPS) is 23.2. The summed E-state index contributed by atoms with van der Waals surface area (Å²) in [4.78, 5) is 1.45. The van der Waals surface area contributed by atoms with E-state index in [4.69, 9.17) is 5.73 Å². The maximum absolute atomic E-state index is 6.40. The molecule has 72 valence electrons. The highest BCUT2D eigenvalue weighted by molar-refractivity contribution is 7.10. The molecule has 1 heterocycles. The van der Waals surface area contributed by atoms with Crippen LogP contribution in [0.1, 0.15) is 43.4 Å². The Morgan fingerprint density at radius 3 is 2.69 bits per heavy atom. The minimum atomic E-state index is 0.0881. The van der Waals surface area contributed by atoms with Crippen LogP contribution >= 0.6 is 11.3 Å². The number of thiophene rings is 1. The Morgan fingerprint density at radius 2 is 2.15 bits per heavy atom. The van der Waals surface area contributed by atoms with Crippen molar-refractivity contribution >= 4 is 11.3 Å². The fraction of sp³-hybridized carbons (Fsp3) is 0.636. The maximum Gasteiger partial charge on any atom is 0.0229 e. The summed E-state index contributed by atoms with van der Waals surface area (Å²) in [5.74, 6) is 0.537. The molecule has 0 amide bonds. The van der Waals surface area contributed by atoms with Gasteiger partial charge in [0.25, 0.3) is 0 Å². The Bertz CT molecular complexity index is 260. The van der Waals surface area contributed by atoms with Crippen LogP contribution in [0.2, 0.25) is 0 Å². The summed E-state index contributed by atoms with van der Waals surface area (Å²) >= 11 is 1.84. The van der Waals surface area contributed by atoms with Gasteiger partial charge in [-0.05, 0) is 24.3 Å². The second-order valence-electron chi connectivity index (χ2n) is 4.18. The van der Waals surface area contributed by atoms with Gasteiger partial charge in [-0.3, -0.25) is 0 Å². The van der Waals surface area contributed by atoms with E-state index in [0.717, 1.165) is 0 Å². The van der Waals surface area contributed by atoms with Crippen molar-refractivity contribution in [2.75, 3.05) is 0 Å². The molecule has 0 aromatic carbocycles. The molecular formula is C11H17NS. The Hall–Kier alpha value is -0.340. The van der Waals surface area contributed by atoms with Crippen LogP contribution in [0.25, 0.3) is 0 Å². The summed E-state index contributed by atoms with van der Waals surface area (Å²) in [5.41, 5.74) is 6.49. The lowest BCUT2D eigenvalue weighted by Gasteiger charge is -2.30. The van der Waals surface area contributed by atoms with Gasteiger partial charge >= 0.3 is 0 Å². The Kier molecular flexibility index (Phi) is 2.43. The lowest BCUT2D eigenvalue weighted by atomic mass is 9.84. The third kappa shape index (κ3) is 1.65. The third-order valence-electron chi connectivity index (χ3n) is 3.37. The van der Waals surface area contributed by atoms with Crippen LogP contribution in [0.4, 0.5) is 0 Å². The van der Waals surface area contributed by atoms with Crippen molar-refractivity contribution in [1.82, 2.24) is 0 Å². The van der Waals surface area contributed by atoms with Gasteiger partial charge in [-0.2, -0.15) is 0 Å².